The highest BCUT2D eigenvalue weighted by Gasteiger charge is 2.30. The quantitative estimate of drug-likeness (QED) is 0.675. The van der Waals surface area contributed by atoms with E-state index < -0.39 is 5.41 Å². The zero-order valence-corrected chi connectivity index (χ0v) is 12.5. The Balaban J connectivity index is 2.68. The third-order valence-corrected chi connectivity index (χ3v) is 4.04. The van der Waals surface area contributed by atoms with Gasteiger partial charge in [-0.3, -0.25) is 0 Å². The molecule has 1 rings (SSSR count). The number of hydrogen-bond acceptors (Lipinski definition) is 2. The highest BCUT2D eigenvalue weighted by Crippen LogP contribution is 2.31. The molecule has 0 amide bonds. The van der Waals surface area contributed by atoms with Crippen molar-refractivity contribution in [2.24, 2.45) is 0 Å². The van der Waals surface area contributed by atoms with Gasteiger partial charge in [0.2, 0.25) is 0 Å². The molecule has 0 unspecified atom stereocenters. The van der Waals surface area contributed by atoms with E-state index in [0.29, 0.717) is 5.02 Å². The molecule has 0 saturated heterocycles. The van der Waals surface area contributed by atoms with Crippen LogP contribution in [0.5, 0.6) is 0 Å². The Morgan fingerprint density at radius 2 is 1.74 bits per heavy atom. The molecule has 2 N–H and O–H groups in total. The van der Waals surface area contributed by atoms with Crippen LogP contribution >= 0.6 is 11.6 Å². The van der Waals surface area contributed by atoms with Crippen LogP contribution in [-0.2, 0) is 5.41 Å². The molecule has 0 aliphatic heterocycles. The summed E-state index contributed by atoms with van der Waals surface area (Å²) in [6.45, 7) is 2.10. The summed E-state index contributed by atoms with van der Waals surface area (Å²) in [5.41, 5.74) is 0.373. The second kappa shape index (κ2) is 8.57. The van der Waals surface area contributed by atoms with Crippen LogP contribution in [0.4, 0.5) is 0 Å². The Bertz CT molecular complexity index is 362. The molecular formula is C16H25ClO2. The van der Waals surface area contributed by atoms with Gasteiger partial charge in [-0.25, -0.2) is 0 Å². The number of rotatable bonds is 9. The molecule has 2 nitrogen and oxygen atoms in total. The monoisotopic (exact) mass is 284 g/mol. The van der Waals surface area contributed by atoms with Crippen molar-refractivity contribution in [3.8, 4) is 0 Å². The minimum Gasteiger partial charge on any atom is -0.395 e. The Labute approximate surface area is 121 Å². The van der Waals surface area contributed by atoms with Crippen molar-refractivity contribution >= 4 is 11.6 Å². The van der Waals surface area contributed by atoms with Crippen LogP contribution in [0.1, 0.15) is 51.0 Å². The van der Waals surface area contributed by atoms with Crippen molar-refractivity contribution in [3.63, 3.8) is 0 Å². The number of aliphatic hydroxyl groups is 2. The van der Waals surface area contributed by atoms with E-state index in [4.69, 9.17) is 11.6 Å². The molecular weight excluding hydrogens is 260 g/mol. The summed E-state index contributed by atoms with van der Waals surface area (Å²) in [5, 5.41) is 20.1. The minimum absolute atomic E-state index is 0.0440. The van der Waals surface area contributed by atoms with Gasteiger partial charge >= 0.3 is 0 Å². The normalized spacial score (nSPS) is 11.8. The molecule has 0 radical (unpaired) electrons. The van der Waals surface area contributed by atoms with Crippen molar-refractivity contribution in [1.82, 2.24) is 0 Å². The molecule has 0 heterocycles. The largest absolute Gasteiger partial charge is 0.395 e. The summed E-state index contributed by atoms with van der Waals surface area (Å²) in [7, 11) is 0. The average molecular weight is 285 g/mol. The van der Waals surface area contributed by atoms with E-state index in [-0.39, 0.29) is 13.2 Å². The Kier molecular flexibility index (Phi) is 7.44. The molecule has 0 aliphatic rings. The molecule has 1 aromatic carbocycles. The average Bonchev–Trinajstić information content (AvgIpc) is 2.43. The molecule has 0 bridgehead atoms. The van der Waals surface area contributed by atoms with Gasteiger partial charge in [-0.2, -0.15) is 0 Å². The van der Waals surface area contributed by atoms with E-state index in [1.165, 1.54) is 19.3 Å². The maximum atomic E-state index is 9.72. The summed E-state index contributed by atoms with van der Waals surface area (Å²) >= 11 is 6.00. The van der Waals surface area contributed by atoms with Crippen molar-refractivity contribution < 1.29 is 10.2 Å². The van der Waals surface area contributed by atoms with E-state index in [1.54, 1.807) is 0 Å². The first kappa shape index (κ1) is 16.5. The molecule has 108 valence electrons. The zero-order chi connectivity index (χ0) is 14.1. The lowest BCUT2D eigenvalue weighted by molar-refractivity contribution is 0.107. The van der Waals surface area contributed by atoms with Gasteiger partial charge in [-0.15, -0.1) is 0 Å². The first-order valence-electron chi connectivity index (χ1n) is 7.16. The lowest BCUT2D eigenvalue weighted by atomic mass is 9.77. The van der Waals surface area contributed by atoms with Crippen molar-refractivity contribution in [2.45, 2.75) is 50.9 Å². The zero-order valence-electron chi connectivity index (χ0n) is 11.7. The van der Waals surface area contributed by atoms with Gasteiger partial charge in [0.1, 0.15) is 0 Å². The smallest absolute Gasteiger partial charge is 0.0550 e. The van der Waals surface area contributed by atoms with Crippen LogP contribution in [0.3, 0.4) is 0 Å². The Morgan fingerprint density at radius 3 is 2.32 bits per heavy atom. The maximum Gasteiger partial charge on any atom is 0.0550 e. The van der Waals surface area contributed by atoms with E-state index >= 15 is 0 Å². The fourth-order valence-electron chi connectivity index (χ4n) is 2.42. The van der Waals surface area contributed by atoms with Crippen molar-refractivity contribution in [3.05, 3.63) is 34.9 Å². The molecule has 0 aliphatic carbocycles. The van der Waals surface area contributed by atoms with Crippen LogP contribution in [0.25, 0.3) is 0 Å². The lowest BCUT2D eigenvalue weighted by Crippen LogP contribution is -2.34. The van der Waals surface area contributed by atoms with Gasteiger partial charge < -0.3 is 10.2 Å². The third kappa shape index (κ3) is 4.79. The van der Waals surface area contributed by atoms with E-state index in [9.17, 15) is 10.2 Å². The van der Waals surface area contributed by atoms with E-state index in [1.807, 2.05) is 24.3 Å². The van der Waals surface area contributed by atoms with Gasteiger partial charge in [0.25, 0.3) is 0 Å². The number of halogens is 1. The first-order valence-corrected chi connectivity index (χ1v) is 7.54. The predicted molar refractivity (Wildman–Crippen MR) is 80.7 cm³/mol. The lowest BCUT2D eigenvalue weighted by Gasteiger charge is -2.30. The minimum atomic E-state index is -0.558. The molecule has 1 aromatic rings. The second-order valence-electron chi connectivity index (χ2n) is 5.27. The SMILES string of the molecule is CCCCCCCC(CO)(CO)c1cccc(Cl)c1. The van der Waals surface area contributed by atoms with E-state index in [0.717, 1.165) is 24.8 Å². The van der Waals surface area contributed by atoms with Gasteiger partial charge in [0.05, 0.1) is 13.2 Å². The topological polar surface area (TPSA) is 40.5 Å². The molecule has 0 atom stereocenters. The maximum absolute atomic E-state index is 9.72. The van der Waals surface area contributed by atoms with Crippen LogP contribution in [0.2, 0.25) is 5.02 Å². The number of unbranched alkanes of at least 4 members (excludes halogenated alkanes) is 4. The van der Waals surface area contributed by atoms with Crippen molar-refractivity contribution in [1.29, 1.82) is 0 Å². The Hall–Kier alpha value is -0.570. The first-order chi connectivity index (χ1) is 9.18. The van der Waals surface area contributed by atoms with Gasteiger partial charge in [-0.1, -0.05) is 62.8 Å². The fourth-order valence-corrected chi connectivity index (χ4v) is 2.61. The fraction of sp³-hybridized carbons (Fsp3) is 0.625. The van der Waals surface area contributed by atoms with Crippen LogP contribution < -0.4 is 0 Å². The summed E-state index contributed by atoms with van der Waals surface area (Å²) in [6, 6.07) is 7.46. The van der Waals surface area contributed by atoms with Crippen LogP contribution in [0, 0.1) is 0 Å². The van der Waals surface area contributed by atoms with Crippen LogP contribution in [0.15, 0.2) is 24.3 Å². The third-order valence-electron chi connectivity index (χ3n) is 3.80. The highest BCUT2D eigenvalue weighted by atomic mass is 35.5. The van der Waals surface area contributed by atoms with E-state index in [2.05, 4.69) is 6.92 Å². The summed E-state index contributed by atoms with van der Waals surface area (Å²) in [6.07, 6.45) is 6.66. The van der Waals surface area contributed by atoms with Crippen LogP contribution in [-0.4, -0.2) is 23.4 Å². The predicted octanol–water partition coefficient (Wildman–Crippen LogP) is 3.92. The second-order valence-corrected chi connectivity index (χ2v) is 5.71. The highest BCUT2D eigenvalue weighted by molar-refractivity contribution is 6.30. The molecule has 0 aromatic heterocycles. The molecule has 0 fully saturated rings. The van der Waals surface area contributed by atoms with Gasteiger partial charge in [0.15, 0.2) is 0 Å². The molecule has 0 saturated carbocycles. The number of hydrogen-bond donors (Lipinski definition) is 2. The van der Waals surface area contributed by atoms with Gasteiger partial charge in [0, 0.05) is 10.4 Å². The standard InChI is InChI=1S/C16H25ClO2/c1-2-3-4-5-6-10-16(12-18,13-19)14-8-7-9-15(17)11-14/h7-9,11,18-19H,2-6,10,12-13H2,1H3. The van der Waals surface area contributed by atoms with Gasteiger partial charge in [-0.05, 0) is 24.1 Å². The molecule has 0 spiro atoms. The Morgan fingerprint density at radius 1 is 1.05 bits per heavy atom. The number of aliphatic hydroxyl groups excluding tert-OH is 2. The summed E-state index contributed by atoms with van der Waals surface area (Å²) in [5.74, 6) is 0. The number of benzene rings is 1. The summed E-state index contributed by atoms with van der Waals surface area (Å²) in [4.78, 5) is 0. The van der Waals surface area contributed by atoms with Crippen molar-refractivity contribution in [2.75, 3.05) is 13.2 Å². The molecule has 19 heavy (non-hydrogen) atoms. The summed E-state index contributed by atoms with van der Waals surface area (Å²) < 4.78 is 0. The molecule has 3 heteroatoms.